The number of ether oxygens (including phenoxy) is 1. The zero-order valence-electron chi connectivity index (χ0n) is 12.0. The number of halogens is 2. The Morgan fingerprint density at radius 2 is 1.86 bits per heavy atom. The van der Waals surface area contributed by atoms with E-state index in [1.54, 1.807) is 0 Å². The summed E-state index contributed by atoms with van der Waals surface area (Å²) in [6.45, 7) is 4.11. The monoisotopic (exact) mass is 351 g/mol. The van der Waals surface area contributed by atoms with E-state index in [1.165, 1.54) is 12.1 Å². The Kier molecular flexibility index (Phi) is 6.21. The Morgan fingerprint density at radius 1 is 1.10 bits per heavy atom. The second kappa shape index (κ2) is 8.15. The molecule has 0 amide bonds. The predicted octanol–water partition coefficient (Wildman–Crippen LogP) is 4.67. The van der Waals surface area contributed by atoms with Crippen LogP contribution in [0.2, 0.25) is 0 Å². The highest BCUT2D eigenvalue weighted by atomic mass is 79.9. The van der Waals surface area contributed by atoms with Gasteiger partial charge in [0.15, 0.2) is 0 Å². The molecule has 2 aromatic rings. The topological polar surface area (TPSA) is 21.3 Å². The van der Waals surface area contributed by atoms with Gasteiger partial charge in [-0.2, -0.15) is 0 Å². The fraction of sp³-hybridized carbons (Fsp3) is 0.294. The second-order valence-electron chi connectivity index (χ2n) is 4.89. The fourth-order valence-electron chi connectivity index (χ4n) is 1.96. The number of rotatable bonds is 7. The van der Waals surface area contributed by atoms with E-state index < -0.39 is 0 Å². The average molecular weight is 352 g/mol. The number of benzene rings is 2. The third-order valence-electron chi connectivity index (χ3n) is 3.01. The van der Waals surface area contributed by atoms with Gasteiger partial charge >= 0.3 is 0 Å². The molecule has 0 aliphatic heterocycles. The lowest BCUT2D eigenvalue weighted by atomic mass is 10.2. The number of nitrogens with one attached hydrogen (secondary N) is 1. The lowest BCUT2D eigenvalue weighted by Crippen LogP contribution is -2.14. The van der Waals surface area contributed by atoms with Crippen LogP contribution in [-0.4, -0.2) is 6.54 Å². The van der Waals surface area contributed by atoms with Crippen LogP contribution in [0.3, 0.4) is 0 Å². The zero-order valence-corrected chi connectivity index (χ0v) is 13.6. The Balaban J connectivity index is 1.97. The first-order chi connectivity index (χ1) is 10.2. The molecular weight excluding hydrogens is 333 g/mol. The number of hydrogen-bond donors (Lipinski definition) is 1. The Morgan fingerprint density at radius 3 is 2.57 bits per heavy atom. The summed E-state index contributed by atoms with van der Waals surface area (Å²) in [5.41, 5.74) is 1.95. The molecule has 0 aromatic heterocycles. The molecule has 0 bridgehead atoms. The van der Waals surface area contributed by atoms with Gasteiger partial charge < -0.3 is 10.1 Å². The molecule has 4 heteroatoms. The molecule has 1 N–H and O–H groups in total. The molecule has 0 spiro atoms. The van der Waals surface area contributed by atoms with E-state index in [4.69, 9.17) is 4.74 Å². The van der Waals surface area contributed by atoms with Crippen molar-refractivity contribution < 1.29 is 9.13 Å². The maximum atomic E-state index is 13.6. The first kappa shape index (κ1) is 16.0. The van der Waals surface area contributed by atoms with Gasteiger partial charge in [-0.15, -0.1) is 0 Å². The van der Waals surface area contributed by atoms with Crippen molar-refractivity contribution in [2.75, 3.05) is 6.54 Å². The molecule has 21 heavy (non-hydrogen) atoms. The van der Waals surface area contributed by atoms with E-state index in [0.717, 1.165) is 28.6 Å². The van der Waals surface area contributed by atoms with Gasteiger partial charge in [-0.1, -0.05) is 35.0 Å². The van der Waals surface area contributed by atoms with E-state index >= 15 is 0 Å². The van der Waals surface area contributed by atoms with E-state index in [1.807, 2.05) is 30.3 Å². The summed E-state index contributed by atoms with van der Waals surface area (Å²) in [4.78, 5) is 0. The lowest BCUT2D eigenvalue weighted by molar-refractivity contribution is 0.304. The molecule has 2 nitrogen and oxygen atoms in total. The standard InChI is InChI=1S/C17H19BrFNO/c1-2-7-20-11-14-8-16(19)10-17(9-14)21-12-13-3-5-15(18)6-4-13/h3-6,8-10,20H,2,7,11-12H2,1H3. The summed E-state index contributed by atoms with van der Waals surface area (Å²) in [7, 11) is 0. The van der Waals surface area contributed by atoms with Gasteiger partial charge in [0.1, 0.15) is 18.2 Å². The van der Waals surface area contributed by atoms with Crippen LogP contribution in [0, 0.1) is 5.82 Å². The molecule has 2 aromatic carbocycles. The van der Waals surface area contributed by atoms with E-state index in [0.29, 0.717) is 18.9 Å². The average Bonchev–Trinajstić information content (AvgIpc) is 2.46. The molecule has 0 fully saturated rings. The Hall–Kier alpha value is -1.39. The predicted molar refractivity (Wildman–Crippen MR) is 86.9 cm³/mol. The van der Waals surface area contributed by atoms with Crippen molar-refractivity contribution in [3.8, 4) is 5.75 Å². The molecule has 0 aliphatic rings. The molecule has 112 valence electrons. The van der Waals surface area contributed by atoms with Crippen molar-refractivity contribution in [2.24, 2.45) is 0 Å². The maximum Gasteiger partial charge on any atom is 0.127 e. The molecule has 2 rings (SSSR count). The normalized spacial score (nSPS) is 10.6. The van der Waals surface area contributed by atoms with Crippen molar-refractivity contribution in [2.45, 2.75) is 26.5 Å². The molecule has 0 radical (unpaired) electrons. The molecule has 0 saturated carbocycles. The summed E-state index contributed by atoms with van der Waals surface area (Å²) in [6, 6.07) is 12.7. The highest BCUT2D eigenvalue weighted by molar-refractivity contribution is 9.10. The van der Waals surface area contributed by atoms with Crippen LogP contribution in [0.15, 0.2) is 46.9 Å². The van der Waals surface area contributed by atoms with Gasteiger partial charge in [0.25, 0.3) is 0 Å². The summed E-state index contributed by atoms with van der Waals surface area (Å²) >= 11 is 3.39. The Labute approximate surface area is 133 Å². The summed E-state index contributed by atoms with van der Waals surface area (Å²) in [5.74, 6) is 0.294. The first-order valence-corrected chi connectivity index (χ1v) is 7.84. The van der Waals surface area contributed by atoms with Crippen LogP contribution in [-0.2, 0) is 13.2 Å². The minimum Gasteiger partial charge on any atom is -0.489 e. The molecule has 0 unspecified atom stereocenters. The van der Waals surface area contributed by atoms with Crippen LogP contribution in [0.5, 0.6) is 5.75 Å². The van der Waals surface area contributed by atoms with Gasteiger partial charge in [0, 0.05) is 17.1 Å². The van der Waals surface area contributed by atoms with Gasteiger partial charge in [-0.3, -0.25) is 0 Å². The minimum atomic E-state index is -0.267. The van der Waals surface area contributed by atoms with Crippen LogP contribution < -0.4 is 10.1 Å². The third-order valence-corrected chi connectivity index (χ3v) is 3.53. The Bertz CT molecular complexity index is 572. The van der Waals surface area contributed by atoms with E-state index in [9.17, 15) is 4.39 Å². The van der Waals surface area contributed by atoms with Gasteiger partial charge in [-0.05, 0) is 48.4 Å². The van der Waals surface area contributed by atoms with Crippen LogP contribution in [0.1, 0.15) is 24.5 Å². The molecule has 0 atom stereocenters. The molecule has 0 heterocycles. The third kappa shape index (κ3) is 5.48. The quantitative estimate of drug-likeness (QED) is 0.732. The van der Waals surface area contributed by atoms with Crippen molar-refractivity contribution in [1.82, 2.24) is 5.32 Å². The van der Waals surface area contributed by atoms with Gasteiger partial charge in [0.05, 0.1) is 0 Å². The molecule has 0 saturated heterocycles. The van der Waals surface area contributed by atoms with Crippen molar-refractivity contribution in [3.05, 3.63) is 63.9 Å². The summed E-state index contributed by atoms with van der Waals surface area (Å²) in [6.07, 6.45) is 1.06. The largest absolute Gasteiger partial charge is 0.489 e. The van der Waals surface area contributed by atoms with Crippen LogP contribution in [0.25, 0.3) is 0 Å². The van der Waals surface area contributed by atoms with E-state index in [2.05, 4.69) is 28.2 Å². The highest BCUT2D eigenvalue weighted by Crippen LogP contribution is 2.18. The molecule has 0 aliphatic carbocycles. The maximum absolute atomic E-state index is 13.6. The van der Waals surface area contributed by atoms with Crippen molar-refractivity contribution in [3.63, 3.8) is 0 Å². The van der Waals surface area contributed by atoms with Gasteiger partial charge in [0.2, 0.25) is 0 Å². The van der Waals surface area contributed by atoms with Gasteiger partial charge in [-0.25, -0.2) is 4.39 Å². The van der Waals surface area contributed by atoms with Crippen molar-refractivity contribution >= 4 is 15.9 Å². The van der Waals surface area contributed by atoms with Crippen LogP contribution in [0.4, 0.5) is 4.39 Å². The lowest BCUT2D eigenvalue weighted by Gasteiger charge is -2.09. The number of hydrogen-bond acceptors (Lipinski definition) is 2. The molecular formula is C17H19BrFNO. The SMILES string of the molecule is CCCNCc1cc(F)cc(OCc2ccc(Br)cc2)c1. The smallest absolute Gasteiger partial charge is 0.127 e. The summed E-state index contributed by atoms with van der Waals surface area (Å²) < 4.78 is 20.3. The minimum absolute atomic E-state index is 0.267. The summed E-state index contributed by atoms with van der Waals surface area (Å²) in [5, 5.41) is 3.26. The van der Waals surface area contributed by atoms with Crippen LogP contribution >= 0.6 is 15.9 Å². The van der Waals surface area contributed by atoms with Crippen molar-refractivity contribution in [1.29, 1.82) is 0 Å². The van der Waals surface area contributed by atoms with E-state index in [-0.39, 0.29) is 5.82 Å². The highest BCUT2D eigenvalue weighted by Gasteiger charge is 2.03. The fourth-order valence-corrected chi connectivity index (χ4v) is 2.23. The zero-order chi connectivity index (χ0) is 15.1. The second-order valence-corrected chi connectivity index (χ2v) is 5.80. The first-order valence-electron chi connectivity index (χ1n) is 7.05.